The molecular weight excluding hydrogens is 422 g/mol. The monoisotopic (exact) mass is 436 g/mol. The molecule has 1 amide bonds. The van der Waals surface area contributed by atoms with E-state index in [0.29, 0.717) is 10.0 Å². The lowest BCUT2D eigenvalue weighted by Crippen LogP contribution is -2.48. The van der Waals surface area contributed by atoms with E-state index in [-0.39, 0.29) is 11.3 Å². The van der Waals surface area contributed by atoms with Crippen molar-refractivity contribution in [3.63, 3.8) is 0 Å². The fourth-order valence-corrected chi connectivity index (χ4v) is 3.86. The van der Waals surface area contributed by atoms with Gasteiger partial charge < -0.3 is 5.32 Å². The van der Waals surface area contributed by atoms with E-state index in [4.69, 9.17) is 11.6 Å². The topological polar surface area (TPSA) is 90.1 Å². The molecule has 1 aliphatic rings. The van der Waals surface area contributed by atoms with Gasteiger partial charge in [-0.15, -0.1) is 11.3 Å². The van der Waals surface area contributed by atoms with Gasteiger partial charge in [-0.25, -0.2) is 24.6 Å². The number of amides is 1. The van der Waals surface area contributed by atoms with Crippen LogP contribution < -0.4 is 27.2 Å². The van der Waals surface area contributed by atoms with Gasteiger partial charge in [0.25, 0.3) is 5.91 Å². The molecule has 7 nitrogen and oxygen atoms in total. The summed E-state index contributed by atoms with van der Waals surface area (Å²) < 4.78 is 28.1. The zero-order valence-corrected chi connectivity index (χ0v) is 16.2. The zero-order chi connectivity index (χ0) is 20.4. The van der Waals surface area contributed by atoms with Crippen molar-refractivity contribution in [3.05, 3.63) is 75.8 Å². The summed E-state index contributed by atoms with van der Waals surface area (Å²) in [5.74, 6) is -1.79. The van der Waals surface area contributed by atoms with Gasteiger partial charge >= 0.3 is 0 Å². The highest BCUT2D eigenvalue weighted by molar-refractivity contribution is 7.13. The average Bonchev–Trinajstić information content (AvgIpc) is 3.40. The Morgan fingerprint density at radius 1 is 1.17 bits per heavy atom. The molecule has 1 aliphatic heterocycles. The lowest BCUT2D eigenvalue weighted by Gasteiger charge is -2.24. The molecule has 4 rings (SSSR count). The van der Waals surface area contributed by atoms with Crippen LogP contribution in [0.25, 0.3) is 10.6 Å². The van der Waals surface area contributed by atoms with E-state index in [1.807, 2.05) is 6.07 Å². The standard InChI is InChI=1S/C18H15ClF2N6OS/c19-10-3-1-2-9(6-10)18-22-14(8-29-18)17(28)23-15(16-24-26-27-25-16)12-7-11(20)4-5-13(12)21/h1-8,15-16,24-27H,(H,23,28). The van der Waals surface area contributed by atoms with Crippen molar-refractivity contribution in [2.45, 2.75) is 12.2 Å². The second-order valence-corrected chi connectivity index (χ2v) is 7.48. The number of carbonyl (C=O) groups is 1. The normalized spacial score (nSPS) is 15.4. The molecule has 0 aliphatic carbocycles. The molecule has 1 aromatic heterocycles. The molecule has 2 heterocycles. The van der Waals surface area contributed by atoms with Crippen LogP contribution in [0.5, 0.6) is 0 Å². The molecule has 11 heteroatoms. The largest absolute Gasteiger partial charge is 0.341 e. The van der Waals surface area contributed by atoms with Gasteiger partial charge in [0.1, 0.15) is 28.5 Å². The number of halogens is 3. The van der Waals surface area contributed by atoms with Gasteiger partial charge in [-0.3, -0.25) is 4.79 Å². The fraction of sp³-hybridized carbons (Fsp3) is 0.111. The first-order valence-corrected chi connectivity index (χ1v) is 9.75. The van der Waals surface area contributed by atoms with Gasteiger partial charge in [-0.2, -0.15) is 11.1 Å². The summed E-state index contributed by atoms with van der Waals surface area (Å²) in [5.41, 5.74) is 11.7. The van der Waals surface area contributed by atoms with Crippen LogP contribution in [0.1, 0.15) is 22.1 Å². The van der Waals surface area contributed by atoms with Crippen LogP contribution in [0.3, 0.4) is 0 Å². The second kappa shape index (κ2) is 8.49. The molecular formula is C18H15ClF2N6OS. The van der Waals surface area contributed by atoms with Gasteiger partial charge in [0.05, 0.1) is 6.04 Å². The minimum absolute atomic E-state index is 0.0147. The van der Waals surface area contributed by atoms with Crippen molar-refractivity contribution < 1.29 is 13.6 Å². The van der Waals surface area contributed by atoms with E-state index in [2.05, 4.69) is 32.2 Å². The van der Waals surface area contributed by atoms with Crippen LogP contribution in [0.2, 0.25) is 5.02 Å². The first kappa shape index (κ1) is 19.8. The Morgan fingerprint density at radius 2 is 1.97 bits per heavy atom. The Balaban J connectivity index is 1.59. The number of hydrogen-bond acceptors (Lipinski definition) is 7. The van der Waals surface area contributed by atoms with E-state index in [0.717, 1.165) is 23.8 Å². The van der Waals surface area contributed by atoms with Gasteiger partial charge in [0.2, 0.25) is 0 Å². The number of aromatic nitrogens is 1. The van der Waals surface area contributed by atoms with Crippen LogP contribution >= 0.6 is 22.9 Å². The van der Waals surface area contributed by atoms with Crippen LogP contribution in [0.4, 0.5) is 8.78 Å². The third-order valence-corrected chi connectivity index (χ3v) is 5.37. The summed E-state index contributed by atoms with van der Waals surface area (Å²) in [4.78, 5) is 17.1. The van der Waals surface area contributed by atoms with Crippen molar-refractivity contribution >= 4 is 28.8 Å². The van der Waals surface area contributed by atoms with Gasteiger partial charge in [0, 0.05) is 21.5 Å². The Kier molecular flexibility index (Phi) is 5.81. The molecule has 0 spiro atoms. The molecule has 5 N–H and O–H groups in total. The highest BCUT2D eigenvalue weighted by Crippen LogP contribution is 2.27. The number of hydrazine groups is 3. The first-order valence-electron chi connectivity index (χ1n) is 8.49. The minimum atomic E-state index is -0.933. The van der Waals surface area contributed by atoms with Crippen molar-refractivity contribution in [1.82, 2.24) is 32.2 Å². The van der Waals surface area contributed by atoms with E-state index < -0.39 is 29.7 Å². The fourth-order valence-electron chi connectivity index (χ4n) is 2.87. The Labute approximate surface area is 173 Å². The molecule has 1 unspecified atom stereocenters. The van der Waals surface area contributed by atoms with Gasteiger partial charge in [0.15, 0.2) is 0 Å². The third kappa shape index (κ3) is 4.42. The van der Waals surface area contributed by atoms with E-state index in [9.17, 15) is 13.6 Å². The lowest BCUT2D eigenvalue weighted by molar-refractivity contribution is 0.0920. The maximum absolute atomic E-state index is 14.3. The van der Waals surface area contributed by atoms with Crippen LogP contribution in [0.15, 0.2) is 47.8 Å². The number of benzene rings is 2. The summed E-state index contributed by atoms with van der Waals surface area (Å²) in [5, 5.41) is 5.47. The van der Waals surface area contributed by atoms with E-state index in [1.165, 1.54) is 11.3 Å². The lowest BCUT2D eigenvalue weighted by atomic mass is 10.0. The zero-order valence-electron chi connectivity index (χ0n) is 14.7. The number of nitrogens with zero attached hydrogens (tertiary/aromatic N) is 1. The van der Waals surface area contributed by atoms with E-state index >= 15 is 0 Å². The molecule has 2 aromatic carbocycles. The molecule has 29 heavy (non-hydrogen) atoms. The molecule has 0 radical (unpaired) electrons. The number of nitrogens with one attached hydrogen (secondary N) is 5. The van der Waals surface area contributed by atoms with E-state index in [1.54, 1.807) is 23.6 Å². The van der Waals surface area contributed by atoms with Crippen molar-refractivity contribution in [2.24, 2.45) is 0 Å². The third-order valence-electron chi connectivity index (χ3n) is 4.24. The Hall–Kier alpha value is -2.47. The maximum Gasteiger partial charge on any atom is 0.271 e. The molecule has 3 aromatic rings. The average molecular weight is 437 g/mol. The SMILES string of the molecule is O=C(NC(c1cc(F)ccc1F)C1NNNN1)c1csc(-c2cccc(Cl)c2)n1. The number of thiazole rings is 1. The Bertz CT molecular complexity index is 1040. The van der Waals surface area contributed by atoms with Gasteiger partial charge in [-0.1, -0.05) is 23.7 Å². The molecule has 1 atom stereocenters. The summed E-state index contributed by atoms with van der Waals surface area (Å²) >= 11 is 7.29. The predicted octanol–water partition coefficient (Wildman–Crippen LogP) is 2.66. The van der Waals surface area contributed by atoms with Crippen LogP contribution in [0, 0.1) is 11.6 Å². The maximum atomic E-state index is 14.3. The second-order valence-electron chi connectivity index (χ2n) is 6.18. The summed E-state index contributed by atoms with van der Waals surface area (Å²) in [7, 11) is 0. The smallest absolute Gasteiger partial charge is 0.271 e. The molecule has 1 fully saturated rings. The van der Waals surface area contributed by atoms with Crippen LogP contribution in [-0.4, -0.2) is 17.1 Å². The number of rotatable bonds is 5. The highest BCUT2D eigenvalue weighted by Gasteiger charge is 2.30. The molecule has 1 saturated heterocycles. The van der Waals surface area contributed by atoms with Crippen molar-refractivity contribution in [2.75, 3.05) is 0 Å². The van der Waals surface area contributed by atoms with Gasteiger partial charge in [-0.05, 0) is 30.3 Å². The molecule has 0 saturated carbocycles. The summed E-state index contributed by atoms with van der Waals surface area (Å²) in [6, 6.07) is 9.25. The Morgan fingerprint density at radius 3 is 2.72 bits per heavy atom. The molecule has 150 valence electrons. The highest BCUT2D eigenvalue weighted by atomic mass is 35.5. The first-order chi connectivity index (χ1) is 14.0. The predicted molar refractivity (Wildman–Crippen MR) is 105 cm³/mol. The summed E-state index contributed by atoms with van der Waals surface area (Å²) in [6.45, 7) is 0. The van der Waals surface area contributed by atoms with Crippen LogP contribution in [-0.2, 0) is 0 Å². The number of carbonyl (C=O) groups excluding carboxylic acids is 1. The summed E-state index contributed by atoms with van der Waals surface area (Å²) in [6.07, 6.45) is -0.652. The number of hydrogen-bond donors (Lipinski definition) is 5. The quantitative estimate of drug-likeness (QED) is 0.422. The minimum Gasteiger partial charge on any atom is -0.341 e. The van der Waals surface area contributed by atoms with Crippen molar-refractivity contribution in [1.29, 1.82) is 0 Å². The molecule has 0 bridgehead atoms. The van der Waals surface area contributed by atoms with Crippen molar-refractivity contribution in [3.8, 4) is 10.6 Å².